The van der Waals surface area contributed by atoms with Crippen LogP contribution in [0.3, 0.4) is 0 Å². The summed E-state index contributed by atoms with van der Waals surface area (Å²) < 4.78 is 29.5. The van der Waals surface area contributed by atoms with E-state index in [1.807, 2.05) is 12.1 Å². The van der Waals surface area contributed by atoms with Crippen LogP contribution in [-0.2, 0) is 0 Å². The summed E-state index contributed by atoms with van der Waals surface area (Å²) in [6.07, 6.45) is 9.35. The van der Waals surface area contributed by atoms with E-state index >= 15 is 0 Å². The van der Waals surface area contributed by atoms with Gasteiger partial charge in [0.05, 0.1) is 0 Å². The maximum atomic E-state index is 14.8. The summed E-state index contributed by atoms with van der Waals surface area (Å²) in [5.41, 5.74) is 1.19. The number of aromatic hydroxyl groups is 1. The molecule has 2 saturated carbocycles. The van der Waals surface area contributed by atoms with E-state index in [1.54, 1.807) is 12.1 Å². The number of benzene rings is 1. The smallest absolute Gasteiger partial charge is 0.135 e. The Balaban J connectivity index is 1.54. The average Bonchev–Trinajstić information content (AvgIpc) is 2.68. The highest BCUT2D eigenvalue weighted by molar-refractivity contribution is 5.28. The molecule has 3 heteroatoms. The Hall–Kier alpha value is -1.38. The van der Waals surface area contributed by atoms with Gasteiger partial charge >= 0.3 is 0 Å². The molecular formula is C23H32F2O. The summed E-state index contributed by atoms with van der Waals surface area (Å²) in [4.78, 5) is 0. The first-order valence-corrected chi connectivity index (χ1v) is 10.4. The van der Waals surface area contributed by atoms with Crippen molar-refractivity contribution in [2.24, 2.45) is 17.8 Å². The zero-order chi connectivity index (χ0) is 18.5. The number of allylic oxidation sites excluding steroid dienone is 2. The van der Waals surface area contributed by atoms with Crippen LogP contribution in [0.2, 0.25) is 0 Å². The summed E-state index contributed by atoms with van der Waals surface area (Å²) in [5.74, 6) is 0.0722. The number of phenols is 1. The molecular weight excluding hydrogens is 330 g/mol. The molecule has 1 nitrogen and oxygen atoms in total. The highest BCUT2D eigenvalue weighted by atomic mass is 19.2. The Morgan fingerprint density at radius 2 is 1.35 bits per heavy atom. The van der Waals surface area contributed by atoms with Crippen LogP contribution >= 0.6 is 0 Å². The topological polar surface area (TPSA) is 20.2 Å². The van der Waals surface area contributed by atoms with E-state index in [9.17, 15) is 13.9 Å². The standard InChI is InChI=1S/C23H32F2O/c1-2-3-16-4-6-19(7-5-16)22(24)23(25)20-10-8-17(9-11-20)18-12-14-21(26)15-13-18/h12-17,19-20,26H,2-11H2,1H3/b23-22+. The van der Waals surface area contributed by atoms with Crippen LogP contribution in [0.5, 0.6) is 5.75 Å². The minimum Gasteiger partial charge on any atom is -0.508 e. The van der Waals surface area contributed by atoms with Crippen molar-refractivity contribution in [2.45, 2.75) is 77.0 Å². The van der Waals surface area contributed by atoms with Crippen molar-refractivity contribution >= 4 is 0 Å². The molecule has 0 spiro atoms. The van der Waals surface area contributed by atoms with E-state index in [0.717, 1.165) is 51.4 Å². The van der Waals surface area contributed by atoms with Crippen LogP contribution in [0.1, 0.15) is 82.6 Å². The maximum absolute atomic E-state index is 14.8. The molecule has 0 heterocycles. The normalized spacial score (nSPS) is 30.7. The fourth-order valence-corrected chi connectivity index (χ4v) is 4.93. The number of phenolic OH excluding ortho intramolecular Hbond substituents is 1. The molecule has 0 unspecified atom stereocenters. The third kappa shape index (κ3) is 4.66. The first kappa shape index (κ1) is 19.4. The lowest BCUT2D eigenvalue weighted by atomic mass is 9.76. The van der Waals surface area contributed by atoms with Crippen molar-refractivity contribution in [1.82, 2.24) is 0 Å². The van der Waals surface area contributed by atoms with E-state index in [2.05, 4.69) is 6.92 Å². The van der Waals surface area contributed by atoms with Gasteiger partial charge in [0.1, 0.15) is 17.4 Å². The molecule has 0 amide bonds. The molecule has 1 aromatic rings. The molecule has 1 aromatic carbocycles. The summed E-state index contributed by atoms with van der Waals surface area (Å²) in [6, 6.07) is 7.30. The third-order valence-electron chi connectivity index (χ3n) is 6.58. The molecule has 2 aliphatic carbocycles. The van der Waals surface area contributed by atoms with Crippen LogP contribution < -0.4 is 0 Å². The fourth-order valence-electron chi connectivity index (χ4n) is 4.93. The van der Waals surface area contributed by atoms with Gasteiger partial charge in [-0.05, 0) is 80.9 Å². The number of rotatable bonds is 5. The first-order chi connectivity index (χ1) is 12.6. The van der Waals surface area contributed by atoms with Gasteiger partial charge in [-0.25, -0.2) is 8.78 Å². The van der Waals surface area contributed by atoms with Crippen molar-refractivity contribution in [3.05, 3.63) is 41.5 Å². The van der Waals surface area contributed by atoms with Gasteiger partial charge in [-0.1, -0.05) is 31.9 Å². The Bertz CT molecular complexity index is 591. The second kappa shape index (κ2) is 9.01. The Morgan fingerprint density at radius 1 is 0.846 bits per heavy atom. The van der Waals surface area contributed by atoms with E-state index in [1.165, 1.54) is 18.4 Å². The largest absolute Gasteiger partial charge is 0.508 e. The lowest BCUT2D eigenvalue weighted by Gasteiger charge is -2.31. The van der Waals surface area contributed by atoms with Gasteiger partial charge in [0.25, 0.3) is 0 Å². The first-order valence-electron chi connectivity index (χ1n) is 10.4. The number of hydrogen-bond donors (Lipinski definition) is 1. The van der Waals surface area contributed by atoms with Gasteiger partial charge < -0.3 is 5.11 Å². The summed E-state index contributed by atoms with van der Waals surface area (Å²) in [5, 5.41) is 9.40. The minimum atomic E-state index is -0.451. The molecule has 0 aliphatic heterocycles. The monoisotopic (exact) mass is 362 g/mol. The summed E-state index contributed by atoms with van der Waals surface area (Å²) in [6.45, 7) is 2.20. The van der Waals surface area contributed by atoms with Crippen LogP contribution in [0.25, 0.3) is 0 Å². The second-order valence-electron chi connectivity index (χ2n) is 8.34. The van der Waals surface area contributed by atoms with Gasteiger partial charge in [-0.2, -0.15) is 0 Å². The van der Waals surface area contributed by atoms with Crippen molar-refractivity contribution in [2.75, 3.05) is 0 Å². The van der Waals surface area contributed by atoms with E-state index in [-0.39, 0.29) is 17.6 Å². The minimum absolute atomic E-state index is 0.182. The molecule has 0 atom stereocenters. The Labute approximate surface area is 156 Å². The van der Waals surface area contributed by atoms with Crippen molar-refractivity contribution < 1.29 is 13.9 Å². The van der Waals surface area contributed by atoms with Crippen molar-refractivity contribution in [1.29, 1.82) is 0 Å². The van der Waals surface area contributed by atoms with Crippen molar-refractivity contribution in [3.8, 4) is 5.75 Å². The maximum Gasteiger partial charge on any atom is 0.135 e. The van der Waals surface area contributed by atoms with Gasteiger partial charge in [-0.15, -0.1) is 0 Å². The predicted molar refractivity (Wildman–Crippen MR) is 102 cm³/mol. The third-order valence-corrected chi connectivity index (χ3v) is 6.58. The van der Waals surface area contributed by atoms with Crippen LogP contribution in [0.4, 0.5) is 8.78 Å². The van der Waals surface area contributed by atoms with Crippen LogP contribution in [-0.4, -0.2) is 5.11 Å². The second-order valence-corrected chi connectivity index (χ2v) is 8.34. The average molecular weight is 363 g/mol. The zero-order valence-corrected chi connectivity index (χ0v) is 15.9. The number of hydrogen-bond acceptors (Lipinski definition) is 1. The molecule has 0 saturated heterocycles. The van der Waals surface area contributed by atoms with E-state index < -0.39 is 11.7 Å². The van der Waals surface area contributed by atoms with Crippen molar-refractivity contribution in [3.63, 3.8) is 0 Å². The molecule has 0 radical (unpaired) electrons. The Morgan fingerprint density at radius 3 is 1.85 bits per heavy atom. The molecule has 3 rings (SSSR count). The molecule has 2 fully saturated rings. The van der Waals surface area contributed by atoms with E-state index in [4.69, 9.17) is 0 Å². The SMILES string of the molecule is CCCC1CCC(/C(F)=C(\F)C2CCC(c3ccc(O)cc3)CC2)CC1. The molecule has 0 aromatic heterocycles. The Kier molecular flexibility index (Phi) is 6.72. The quantitative estimate of drug-likeness (QED) is 0.577. The van der Waals surface area contributed by atoms with Gasteiger partial charge in [0, 0.05) is 11.8 Å². The zero-order valence-electron chi connectivity index (χ0n) is 15.9. The molecule has 144 valence electrons. The van der Waals surface area contributed by atoms with Crippen LogP contribution in [0.15, 0.2) is 35.9 Å². The predicted octanol–water partition coefficient (Wildman–Crippen LogP) is 7.42. The molecule has 26 heavy (non-hydrogen) atoms. The highest BCUT2D eigenvalue weighted by Gasteiger charge is 2.31. The lowest BCUT2D eigenvalue weighted by molar-refractivity contribution is 0.241. The molecule has 2 aliphatic rings. The van der Waals surface area contributed by atoms with Crippen LogP contribution in [0, 0.1) is 17.8 Å². The van der Waals surface area contributed by atoms with Gasteiger partial charge in [0.15, 0.2) is 0 Å². The molecule has 1 N–H and O–H groups in total. The number of halogens is 2. The van der Waals surface area contributed by atoms with E-state index in [0.29, 0.717) is 11.8 Å². The summed E-state index contributed by atoms with van der Waals surface area (Å²) >= 11 is 0. The lowest BCUT2D eigenvalue weighted by Crippen LogP contribution is -2.18. The summed E-state index contributed by atoms with van der Waals surface area (Å²) in [7, 11) is 0. The van der Waals surface area contributed by atoms with Gasteiger partial charge in [-0.3, -0.25) is 0 Å². The molecule has 0 bridgehead atoms. The van der Waals surface area contributed by atoms with Gasteiger partial charge in [0.2, 0.25) is 0 Å². The highest BCUT2D eigenvalue weighted by Crippen LogP contribution is 2.43. The fraction of sp³-hybridized carbons (Fsp3) is 0.652.